The first kappa shape index (κ1) is 25.2. The van der Waals surface area contributed by atoms with Crippen LogP contribution in [-0.4, -0.2) is 33.9 Å². The lowest BCUT2D eigenvalue weighted by Crippen LogP contribution is -2.45. The molecule has 10 heteroatoms. The van der Waals surface area contributed by atoms with Crippen molar-refractivity contribution < 1.29 is 18.8 Å². The molecular weight excluding hydrogens is 520 g/mol. The van der Waals surface area contributed by atoms with Gasteiger partial charge in [-0.15, -0.1) is 0 Å². The molecule has 0 unspecified atom stereocenters. The molecule has 0 radical (unpaired) electrons. The van der Waals surface area contributed by atoms with E-state index in [0.717, 1.165) is 4.57 Å². The Kier molecular flexibility index (Phi) is 8.55. The SMILES string of the molecule is CCn1c(=O)c(C(=O)NOCCOC(C)(C)C)c(Cc2ccc(I)cc2F)n(C)c1=O. The van der Waals surface area contributed by atoms with Crippen molar-refractivity contribution in [2.75, 3.05) is 13.2 Å². The first-order chi connectivity index (χ1) is 14.5. The molecule has 0 atom stereocenters. The second-order valence-corrected chi connectivity index (χ2v) is 9.11. The summed E-state index contributed by atoms with van der Waals surface area (Å²) in [5.74, 6) is -1.29. The number of hydroxylamine groups is 1. The maximum Gasteiger partial charge on any atom is 0.330 e. The van der Waals surface area contributed by atoms with Crippen molar-refractivity contribution in [2.45, 2.75) is 46.3 Å². The minimum atomic E-state index is -0.806. The van der Waals surface area contributed by atoms with E-state index in [1.54, 1.807) is 19.1 Å². The van der Waals surface area contributed by atoms with Crippen molar-refractivity contribution in [3.05, 3.63) is 65.2 Å². The molecule has 1 N–H and O–H groups in total. The molecule has 1 amide bonds. The molecule has 0 aliphatic heterocycles. The van der Waals surface area contributed by atoms with Crippen LogP contribution in [0.15, 0.2) is 27.8 Å². The second-order valence-electron chi connectivity index (χ2n) is 7.87. The Labute approximate surface area is 193 Å². The standard InChI is InChI=1S/C21H27FIN3O5/c1-6-26-19(28)17(18(27)24-31-10-9-30-21(2,3)4)16(25(5)20(26)29)11-13-7-8-14(23)12-15(13)22/h7-8,12H,6,9-11H2,1-5H3,(H,24,27). The number of rotatable bonds is 8. The van der Waals surface area contributed by atoms with Gasteiger partial charge >= 0.3 is 5.69 Å². The van der Waals surface area contributed by atoms with Crippen LogP contribution >= 0.6 is 22.6 Å². The van der Waals surface area contributed by atoms with Crippen molar-refractivity contribution in [1.82, 2.24) is 14.6 Å². The van der Waals surface area contributed by atoms with Gasteiger partial charge in [0, 0.05) is 29.3 Å². The van der Waals surface area contributed by atoms with E-state index in [1.807, 2.05) is 43.4 Å². The van der Waals surface area contributed by atoms with Crippen molar-refractivity contribution in [3.8, 4) is 0 Å². The van der Waals surface area contributed by atoms with Gasteiger partial charge in [-0.05, 0) is 68.0 Å². The summed E-state index contributed by atoms with van der Waals surface area (Å²) in [6.45, 7) is 7.68. The highest BCUT2D eigenvalue weighted by Crippen LogP contribution is 2.17. The third-order valence-corrected chi connectivity index (χ3v) is 5.14. The zero-order chi connectivity index (χ0) is 23.3. The van der Waals surface area contributed by atoms with Gasteiger partial charge < -0.3 is 4.74 Å². The largest absolute Gasteiger partial charge is 0.373 e. The smallest absolute Gasteiger partial charge is 0.330 e. The summed E-state index contributed by atoms with van der Waals surface area (Å²) in [5.41, 5.74) is 0.644. The van der Waals surface area contributed by atoms with Gasteiger partial charge in [0.05, 0.1) is 18.8 Å². The number of benzene rings is 1. The van der Waals surface area contributed by atoms with Gasteiger partial charge in [-0.1, -0.05) is 6.07 Å². The van der Waals surface area contributed by atoms with Crippen LogP contribution in [0.1, 0.15) is 49.3 Å². The molecule has 1 aromatic carbocycles. The van der Waals surface area contributed by atoms with Crippen LogP contribution in [0.5, 0.6) is 0 Å². The summed E-state index contributed by atoms with van der Waals surface area (Å²) in [7, 11) is 1.45. The highest BCUT2D eigenvalue weighted by molar-refractivity contribution is 14.1. The Bertz CT molecular complexity index is 1070. The molecule has 2 rings (SSSR count). The molecule has 0 bridgehead atoms. The Morgan fingerprint density at radius 2 is 1.90 bits per heavy atom. The van der Waals surface area contributed by atoms with Crippen molar-refractivity contribution >= 4 is 28.5 Å². The molecule has 0 aliphatic carbocycles. The fourth-order valence-electron chi connectivity index (χ4n) is 2.93. The summed E-state index contributed by atoms with van der Waals surface area (Å²) in [6.07, 6.45) is -0.107. The average molecular weight is 547 g/mol. The van der Waals surface area contributed by atoms with Crippen LogP contribution in [0.2, 0.25) is 0 Å². The van der Waals surface area contributed by atoms with Gasteiger partial charge in [-0.2, -0.15) is 0 Å². The number of carbonyl (C=O) groups excluding carboxylic acids is 1. The Morgan fingerprint density at radius 1 is 1.23 bits per heavy atom. The van der Waals surface area contributed by atoms with Crippen LogP contribution in [0.4, 0.5) is 4.39 Å². The van der Waals surface area contributed by atoms with E-state index in [1.165, 1.54) is 17.7 Å². The maximum absolute atomic E-state index is 14.4. The second kappa shape index (κ2) is 10.5. The molecule has 2 aromatic rings. The monoisotopic (exact) mass is 547 g/mol. The number of nitrogens with zero attached hydrogens (tertiary/aromatic N) is 2. The zero-order valence-corrected chi connectivity index (χ0v) is 20.4. The number of aromatic nitrogens is 2. The lowest BCUT2D eigenvalue weighted by Gasteiger charge is -2.19. The number of halogens is 2. The van der Waals surface area contributed by atoms with Gasteiger partial charge in [0.1, 0.15) is 11.4 Å². The highest BCUT2D eigenvalue weighted by Gasteiger charge is 2.24. The Balaban J connectivity index is 2.38. The molecular formula is C21H27FIN3O5. The maximum atomic E-state index is 14.4. The topological polar surface area (TPSA) is 91.6 Å². The number of carbonyl (C=O) groups is 1. The molecule has 0 spiro atoms. The molecule has 31 heavy (non-hydrogen) atoms. The minimum absolute atomic E-state index is 0.0673. The fraction of sp³-hybridized carbons (Fsp3) is 0.476. The number of amides is 1. The lowest BCUT2D eigenvalue weighted by molar-refractivity contribution is -0.0512. The first-order valence-electron chi connectivity index (χ1n) is 9.79. The summed E-state index contributed by atoms with van der Waals surface area (Å²) >= 11 is 1.98. The third kappa shape index (κ3) is 6.47. The highest BCUT2D eigenvalue weighted by atomic mass is 127. The molecule has 8 nitrogen and oxygen atoms in total. The number of hydrogen-bond acceptors (Lipinski definition) is 5. The normalized spacial score (nSPS) is 11.6. The fourth-order valence-corrected chi connectivity index (χ4v) is 3.38. The van der Waals surface area contributed by atoms with Crippen LogP contribution in [0, 0.1) is 9.39 Å². The minimum Gasteiger partial charge on any atom is -0.373 e. The number of nitrogens with one attached hydrogen (secondary N) is 1. The average Bonchev–Trinajstić information content (AvgIpc) is 2.67. The Hall–Kier alpha value is -2.05. The number of hydrogen-bond donors (Lipinski definition) is 1. The van der Waals surface area contributed by atoms with Crippen molar-refractivity contribution in [1.29, 1.82) is 0 Å². The predicted molar refractivity (Wildman–Crippen MR) is 123 cm³/mol. The van der Waals surface area contributed by atoms with Gasteiger partial charge in [0.25, 0.3) is 11.5 Å². The van der Waals surface area contributed by atoms with E-state index >= 15 is 0 Å². The van der Waals surface area contributed by atoms with E-state index in [0.29, 0.717) is 3.57 Å². The van der Waals surface area contributed by atoms with Gasteiger partial charge in [0.2, 0.25) is 0 Å². The summed E-state index contributed by atoms with van der Waals surface area (Å²) in [6, 6.07) is 4.62. The molecule has 1 heterocycles. The van der Waals surface area contributed by atoms with E-state index < -0.39 is 23.0 Å². The van der Waals surface area contributed by atoms with Crippen LogP contribution in [0.25, 0.3) is 0 Å². The van der Waals surface area contributed by atoms with Crippen LogP contribution < -0.4 is 16.7 Å². The summed E-state index contributed by atoms with van der Waals surface area (Å²) < 4.78 is 22.8. The van der Waals surface area contributed by atoms with Crippen molar-refractivity contribution in [2.24, 2.45) is 7.05 Å². The van der Waals surface area contributed by atoms with Crippen molar-refractivity contribution in [3.63, 3.8) is 0 Å². The van der Waals surface area contributed by atoms with E-state index in [2.05, 4.69) is 5.48 Å². The molecule has 1 aromatic heterocycles. The predicted octanol–water partition coefficient (Wildman–Crippen LogP) is 2.38. The molecule has 0 aliphatic rings. The van der Waals surface area contributed by atoms with E-state index in [4.69, 9.17) is 9.57 Å². The van der Waals surface area contributed by atoms with Crippen LogP contribution in [0.3, 0.4) is 0 Å². The third-order valence-electron chi connectivity index (χ3n) is 4.47. The first-order valence-corrected chi connectivity index (χ1v) is 10.9. The molecule has 0 saturated heterocycles. The molecule has 170 valence electrons. The van der Waals surface area contributed by atoms with E-state index in [9.17, 15) is 18.8 Å². The van der Waals surface area contributed by atoms with Gasteiger partial charge in [-0.3, -0.25) is 23.6 Å². The van der Waals surface area contributed by atoms with Gasteiger partial charge in [-0.25, -0.2) is 14.7 Å². The molecule has 0 saturated carbocycles. The Morgan fingerprint density at radius 3 is 2.48 bits per heavy atom. The summed E-state index contributed by atoms with van der Waals surface area (Å²) in [4.78, 5) is 43.4. The quantitative estimate of drug-likeness (QED) is 0.312. The van der Waals surface area contributed by atoms with Crippen LogP contribution in [-0.2, 0) is 29.6 Å². The van der Waals surface area contributed by atoms with E-state index in [-0.39, 0.29) is 48.6 Å². The van der Waals surface area contributed by atoms with Gasteiger partial charge in [0.15, 0.2) is 0 Å². The molecule has 0 fully saturated rings. The number of ether oxygens (including phenoxy) is 1. The zero-order valence-electron chi connectivity index (χ0n) is 18.3. The lowest BCUT2D eigenvalue weighted by atomic mass is 10.0. The summed E-state index contributed by atoms with van der Waals surface area (Å²) in [5, 5.41) is 0.